The molecule has 0 aliphatic carbocycles. The van der Waals surface area contributed by atoms with E-state index in [9.17, 15) is 17.4 Å². The van der Waals surface area contributed by atoms with Crippen LogP contribution in [0.2, 0.25) is 0 Å². The molecule has 2 aromatic carbocycles. The normalized spacial score (nSPS) is 12.6. The van der Waals surface area contributed by atoms with Gasteiger partial charge in [0.1, 0.15) is 0 Å². The van der Waals surface area contributed by atoms with Gasteiger partial charge in [-0.3, -0.25) is 0 Å². The number of alkyl halides is 3. The van der Waals surface area contributed by atoms with Crippen LogP contribution in [0.25, 0.3) is 11.3 Å². The van der Waals surface area contributed by atoms with E-state index in [-0.39, 0.29) is 23.9 Å². The first kappa shape index (κ1) is 20.0. The van der Waals surface area contributed by atoms with E-state index in [2.05, 4.69) is 15.3 Å². The van der Waals surface area contributed by atoms with Crippen molar-refractivity contribution < 1.29 is 21.9 Å². The predicted octanol–water partition coefficient (Wildman–Crippen LogP) is 4.50. The molecule has 1 unspecified atom stereocenters. The molecule has 5 nitrogen and oxygen atoms in total. The van der Waals surface area contributed by atoms with Gasteiger partial charge in [0.15, 0.2) is 16.8 Å². The van der Waals surface area contributed by atoms with Crippen molar-refractivity contribution in [3.63, 3.8) is 0 Å². The summed E-state index contributed by atoms with van der Waals surface area (Å²) in [6.45, 7) is 0.281. The zero-order valence-electron chi connectivity index (χ0n) is 14.5. The van der Waals surface area contributed by atoms with Crippen molar-refractivity contribution in [3.05, 3.63) is 77.5 Å². The van der Waals surface area contributed by atoms with Gasteiger partial charge in [-0.05, 0) is 17.2 Å². The predicted molar refractivity (Wildman–Crippen MR) is 101 cm³/mol. The molecule has 3 rings (SSSR count). The second kappa shape index (κ2) is 8.49. The number of hydrogen-bond acceptors (Lipinski definition) is 4. The van der Waals surface area contributed by atoms with Crippen molar-refractivity contribution in [1.82, 2.24) is 9.97 Å². The average molecular weight is 407 g/mol. The molecular formula is C19H16F3N3O2S. The van der Waals surface area contributed by atoms with Crippen LogP contribution in [0.3, 0.4) is 0 Å². The standard InChI is InChI=1S/C19H16F3N3O2S/c20-19(21,22)17-10-16(15-8-6-14(7-9-15)12-28(26)27)24-18(25-17)23-11-13-4-2-1-3-5-13/h1-10H,11-12H2,(H,26,27)(H,23,24,25). The second-order valence-corrected chi connectivity index (χ2v) is 6.89. The highest BCUT2D eigenvalue weighted by molar-refractivity contribution is 7.78. The monoisotopic (exact) mass is 407 g/mol. The van der Waals surface area contributed by atoms with E-state index in [4.69, 9.17) is 4.55 Å². The van der Waals surface area contributed by atoms with Crippen LogP contribution in [-0.4, -0.2) is 18.7 Å². The highest BCUT2D eigenvalue weighted by Crippen LogP contribution is 2.31. The Morgan fingerprint density at radius 3 is 2.25 bits per heavy atom. The van der Waals surface area contributed by atoms with Crippen LogP contribution in [0.5, 0.6) is 0 Å². The molecule has 0 spiro atoms. The van der Waals surface area contributed by atoms with E-state index in [1.54, 1.807) is 24.3 Å². The number of hydrogen-bond donors (Lipinski definition) is 2. The summed E-state index contributed by atoms with van der Waals surface area (Å²) in [6.07, 6.45) is -4.62. The first-order valence-electron chi connectivity index (χ1n) is 8.22. The maximum absolute atomic E-state index is 13.3. The molecule has 1 heterocycles. The van der Waals surface area contributed by atoms with Gasteiger partial charge in [-0.2, -0.15) is 13.2 Å². The maximum atomic E-state index is 13.3. The Labute approximate surface area is 162 Å². The van der Waals surface area contributed by atoms with Gasteiger partial charge in [0.05, 0.1) is 11.4 Å². The summed E-state index contributed by atoms with van der Waals surface area (Å²) < 4.78 is 59.6. The Morgan fingerprint density at radius 2 is 1.64 bits per heavy atom. The fourth-order valence-corrected chi connectivity index (χ4v) is 2.99. The summed E-state index contributed by atoms with van der Waals surface area (Å²) in [6, 6.07) is 16.3. The lowest BCUT2D eigenvalue weighted by Crippen LogP contribution is -2.12. The van der Waals surface area contributed by atoms with E-state index in [1.807, 2.05) is 30.3 Å². The Bertz CT molecular complexity index is 964. The number of nitrogens with one attached hydrogen (secondary N) is 1. The number of halogens is 3. The van der Waals surface area contributed by atoms with E-state index >= 15 is 0 Å². The van der Waals surface area contributed by atoms with E-state index < -0.39 is 23.0 Å². The van der Waals surface area contributed by atoms with Crippen LogP contribution in [0.15, 0.2) is 60.7 Å². The lowest BCUT2D eigenvalue weighted by molar-refractivity contribution is -0.141. The van der Waals surface area contributed by atoms with Crippen molar-refractivity contribution in [3.8, 4) is 11.3 Å². The van der Waals surface area contributed by atoms with Gasteiger partial charge in [-0.15, -0.1) is 0 Å². The topological polar surface area (TPSA) is 75.1 Å². The molecular weight excluding hydrogens is 391 g/mol. The fraction of sp³-hybridized carbons (Fsp3) is 0.158. The maximum Gasteiger partial charge on any atom is 0.433 e. The summed E-state index contributed by atoms with van der Waals surface area (Å²) in [5.74, 6) is -0.184. The Hall–Kier alpha value is -2.78. The zero-order valence-corrected chi connectivity index (χ0v) is 15.3. The van der Waals surface area contributed by atoms with Crippen molar-refractivity contribution in [2.75, 3.05) is 5.32 Å². The van der Waals surface area contributed by atoms with Gasteiger partial charge in [0, 0.05) is 12.1 Å². The van der Waals surface area contributed by atoms with Crippen LogP contribution in [-0.2, 0) is 29.6 Å². The molecule has 0 amide bonds. The second-order valence-electron chi connectivity index (χ2n) is 5.96. The number of nitrogens with zero attached hydrogens (tertiary/aromatic N) is 2. The van der Waals surface area contributed by atoms with Gasteiger partial charge >= 0.3 is 6.18 Å². The Kier molecular flexibility index (Phi) is 6.05. The largest absolute Gasteiger partial charge is 0.433 e. The molecule has 1 atom stereocenters. The molecule has 2 N–H and O–H groups in total. The molecule has 3 aromatic rings. The summed E-state index contributed by atoms with van der Waals surface area (Å²) >= 11 is -1.99. The van der Waals surface area contributed by atoms with Crippen molar-refractivity contribution in [1.29, 1.82) is 0 Å². The molecule has 9 heteroatoms. The minimum absolute atomic E-state index is 0.0538. The van der Waals surface area contributed by atoms with E-state index in [0.717, 1.165) is 11.6 Å². The van der Waals surface area contributed by atoms with Crippen LogP contribution < -0.4 is 5.32 Å². The highest BCUT2D eigenvalue weighted by Gasteiger charge is 2.33. The average Bonchev–Trinajstić information content (AvgIpc) is 2.66. The number of rotatable bonds is 6. The van der Waals surface area contributed by atoms with Gasteiger partial charge in [-0.25, -0.2) is 14.2 Å². The van der Waals surface area contributed by atoms with Gasteiger partial charge in [-0.1, -0.05) is 54.6 Å². The fourth-order valence-electron chi connectivity index (χ4n) is 2.51. The van der Waals surface area contributed by atoms with Crippen LogP contribution in [0, 0.1) is 0 Å². The number of anilines is 1. The number of aromatic nitrogens is 2. The quantitative estimate of drug-likeness (QED) is 0.589. The molecule has 0 saturated heterocycles. The summed E-state index contributed by atoms with van der Waals surface area (Å²) in [4.78, 5) is 7.77. The minimum atomic E-state index is -4.62. The van der Waals surface area contributed by atoms with Gasteiger partial charge < -0.3 is 9.87 Å². The minimum Gasteiger partial charge on any atom is -0.350 e. The number of benzene rings is 2. The molecule has 0 bridgehead atoms. The molecule has 146 valence electrons. The van der Waals surface area contributed by atoms with Crippen LogP contribution >= 0.6 is 0 Å². The molecule has 0 saturated carbocycles. The van der Waals surface area contributed by atoms with Gasteiger partial charge in [0.25, 0.3) is 0 Å². The molecule has 0 radical (unpaired) electrons. The molecule has 1 aromatic heterocycles. The van der Waals surface area contributed by atoms with E-state index in [1.165, 1.54) is 0 Å². The molecule has 0 fully saturated rings. The van der Waals surface area contributed by atoms with E-state index in [0.29, 0.717) is 11.1 Å². The SMILES string of the molecule is O=S(O)Cc1ccc(-c2cc(C(F)(F)F)nc(NCc3ccccc3)n2)cc1. The Balaban J connectivity index is 1.90. The summed E-state index contributed by atoms with van der Waals surface area (Å²) in [7, 11) is 0. The molecule has 0 aliphatic rings. The van der Waals surface area contributed by atoms with Crippen LogP contribution in [0.1, 0.15) is 16.8 Å². The van der Waals surface area contributed by atoms with Crippen molar-refractivity contribution in [2.45, 2.75) is 18.5 Å². The van der Waals surface area contributed by atoms with Crippen LogP contribution in [0.4, 0.5) is 19.1 Å². The van der Waals surface area contributed by atoms with Crippen molar-refractivity contribution >= 4 is 17.0 Å². The summed E-state index contributed by atoms with van der Waals surface area (Å²) in [5.41, 5.74) is 0.981. The van der Waals surface area contributed by atoms with Crippen molar-refractivity contribution in [2.24, 2.45) is 0 Å². The zero-order chi connectivity index (χ0) is 20.1. The third-order valence-corrected chi connectivity index (χ3v) is 4.43. The molecule has 0 aliphatic heterocycles. The third-order valence-electron chi connectivity index (χ3n) is 3.85. The highest BCUT2D eigenvalue weighted by atomic mass is 32.2. The third kappa shape index (κ3) is 5.37. The smallest absolute Gasteiger partial charge is 0.350 e. The lowest BCUT2D eigenvalue weighted by atomic mass is 10.1. The van der Waals surface area contributed by atoms with Gasteiger partial charge in [0.2, 0.25) is 5.95 Å². The first-order chi connectivity index (χ1) is 13.3. The lowest BCUT2D eigenvalue weighted by Gasteiger charge is -2.12. The summed E-state index contributed by atoms with van der Waals surface area (Å²) in [5, 5.41) is 2.83. The molecule has 28 heavy (non-hydrogen) atoms. The Morgan fingerprint density at radius 1 is 0.964 bits per heavy atom. The first-order valence-corrected chi connectivity index (χ1v) is 9.50.